The second-order valence-electron chi connectivity index (χ2n) is 7.58. The van der Waals surface area contributed by atoms with Crippen LogP contribution in [0.2, 0.25) is 0 Å². The Hall–Kier alpha value is -2.38. The third-order valence-corrected chi connectivity index (χ3v) is 7.64. The lowest BCUT2D eigenvalue weighted by Crippen LogP contribution is -2.36. The van der Waals surface area contributed by atoms with E-state index in [4.69, 9.17) is 4.74 Å². The van der Waals surface area contributed by atoms with Gasteiger partial charge in [0, 0.05) is 12.6 Å². The molecule has 0 saturated carbocycles. The van der Waals surface area contributed by atoms with E-state index in [1.165, 1.54) is 17.2 Å². The molecule has 7 heteroatoms. The monoisotopic (exact) mass is 414 g/mol. The number of nitrogens with one attached hydrogen (secondary N) is 1. The molecule has 1 aliphatic heterocycles. The van der Waals surface area contributed by atoms with E-state index in [-0.39, 0.29) is 17.0 Å². The van der Waals surface area contributed by atoms with Crippen LogP contribution in [0.4, 0.5) is 0 Å². The Kier molecular flexibility index (Phi) is 5.61. The Morgan fingerprint density at radius 2 is 1.97 bits per heavy atom. The number of benzene rings is 2. The number of amides is 1. The molecule has 2 aliphatic rings. The minimum absolute atomic E-state index is 0.123. The van der Waals surface area contributed by atoms with E-state index < -0.39 is 15.9 Å². The second kappa shape index (κ2) is 8.16. The number of hydrogen-bond acceptors (Lipinski definition) is 5. The third kappa shape index (κ3) is 3.76. The summed E-state index contributed by atoms with van der Waals surface area (Å²) in [6, 6.07) is 13.0. The van der Waals surface area contributed by atoms with Crippen LogP contribution < -0.4 is 10.1 Å². The van der Waals surface area contributed by atoms with Gasteiger partial charge < -0.3 is 10.1 Å². The number of hydrogen-bond donors (Lipinski definition) is 1. The summed E-state index contributed by atoms with van der Waals surface area (Å²) in [6.07, 6.45) is 4.49. The van der Waals surface area contributed by atoms with Gasteiger partial charge in [0.2, 0.25) is 0 Å². The fourth-order valence-corrected chi connectivity index (χ4v) is 5.87. The van der Waals surface area contributed by atoms with E-state index in [0.29, 0.717) is 12.5 Å². The van der Waals surface area contributed by atoms with Gasteiger partial charge in [-0.1, -0.05) is 24.3 Å². The largest absolute Gasteiger partial charge is 0.496 e. The zero-order valence-electron chi connectivity index (χ0n) is 16.6. The molecule has 154 valence electrons. The van der Waals surface area contributed by atoms with Crippen molar-refractivity contribution in [2.75, 3.05) is 20.2 Å². The maximum atomic E-state index is 12.6. The first-order valence-corrected chi connectivity index (χ1v) is 11.5. The molecule has 2 aromatic carbocycles. The summed E-state index contributed by atoms with van der Waals surface area (Å²) >= 11 is 0. The fraction of sp³-hybridized carbons (Fsp3) is 0.409. The van der Waals surface area contributed by atoms with E-state index in [0.717, 1.165) is 42.3 Å². The van der Waals surface area contributed by atoms with Crippen molar-refractivity contribution in [2.45, 2.75) is 43.0 Å². The van der Waals surface area contributed by atoms with Crippen molar-refractivity contribution < 1.29 is 17.9 Å². The van der Waals surface area contributed by atoms with Crippen molar-refractivity contribution in [1.29, 1.82) is 0 Å². The molecule has 1 N–H and O–H groups in total. The Balaban J connectivity index is 1.27. The molecule has 0 bridgehead atoms. The van der Waals surface area contributed by atoms with Crippen LogP contribution in [0.25, 0.3) is 0 Å². The number of methoxy groups -OCH3 is 1. The summed E-state index contributed by atoms with van der Waals surface area (Å²) in [5, 5.41) is 3.58. The minimum Gasteiger partial charge on any atom is -0.496 e. The van der Waals surface area contributed by atoms with Crippen LogP contribution in [0.3, 0.4) is 0 Å². The van der Waals surface area contributed by atoms with Gasteiger partial charge in [0.15, 0.2) is 0 Å². The van der Waals surface area contributed by atoms with Gasteiger partial charge in [-0.3, -0.25) is 4.79 Å². The summed E-state index contributed by atoms with van der Waals surface area (Å²) in [4.78, 5) is 12.5. The predicted molar refractivity (Wildman–Crippen MR) is 111 cm³/mol. The molecule has 1 heterocycles. The molecule has 1 unspecified atom stereocenters. The third-order valence-electron chi connectivity index (χ3n) is 5.80. The SMILES string of the molecule is COc1cccc2c1CC(NCCCCN1C(=O)c3ccccc3S1(=O)=O)CC2. The number of unbranched alkanes of at least 4 members (excludes halogenated alkanes) is 1. The first-order valence-electron chi connectivity index (χ1n) is 10.1. The van der Waals surface area contributed by atoms with Gasteiger partial charge in [-0.15, -0.1) is 0 Å². The molecule has 6 nitrogen and oxygen atoms in total. The number of nitrogens with zero attached hydrogens (tertiary/aromatic N) is 1. The molecule has 0 radical (unpaired) electrons. The molecule has 1 amide bonds. The van der Waals surface area contributed by atoms with Crippen molar-refractivity contribution in [2.24, 2.45) is 0 Å². The number of rotatable bonds is 7. The van der Waals surface area contributed by atoms with Gasteiger partial charge in [-0.2, -0.15) is 0 Å². The number of aryl methyl sites for hydroxylation is 1. The van der Waals surface area contributed by atoms with Crippen LogP contribution >= 0.6 is 0 Å². The highest BCUT2D eigenvalue weighted by Crippen LogP contribution is 2.31. The first-order chi connectivity index (χ1) is 14.0. The predicted octanol–water partition coefficient (Wildman–Crippen LogP) is 2.77. The van der Waals surface area contributed by atoms with E-state index in [9.17, 15) is 13.2 Å². The highest BCUT2D eigenvalue weighted by atomic mass is 32.2. The smallest absolute Gasteiger partial charge is 0.269 e. The summed E-state index contributed by atoms with van der Waals surface area (Å²) in [7, 11) is -1.99. The standard InChI is InChI=1S/C22H26N2O4S/c1-28-20-9-6-7-16-11-12-17(15-19(16)20)23-13-4-5-14-24-22(25)18-8-2-3-10-21(18)29(24,26)27/h2-3,6-10,17,23H,4-5,11-15H2,1H3. The molecule has 0 spiro atoms. The van der Waals surface area contributed by atoms with E-state index in [2.05, 4.69) is 11.4 Å². The lowest BCUT2D eigenvalue weighted by Gasteiger charge is -2.27. The van der Waals surface area contributed by atoms with Gasteiger partial charge in [-0.25, -0.2) is 12.7 Å². The number of carbonyl (C=O) groups is 1. The number of sulfonamides is 1. The molecule has 0 aromatic heterocycles. The van der Waals surface area contributed by atoms with Crippen LogP contribution in [0, 0.1) is 0 Å². The molecule has 29 heavy (non-hydrogen) atoms. The second-order valence-corrected chi connectivity index (χ2v) is 9.41. The average Bonchev–Trinajstić information content (AvgIpc) is 2.93. The zero-order chi connectivity index (χ0) is 20.4. The normalized spacial score (nSPS) is 19.7. The van der Waals surface area contributed by atoms with Crippen molar-refractivity contribution in [3.05, 3.63) is 59.2 Å². The van der Waals surface area contributed by atoms with Gasteiger partial charge >= 0.3 is 0 Å². The summed E-state index contributed by atoms with van der Waals surface area (Å²) in [5.41, 5.74) is 2.92. The van der Waals surface area contributed by atoms with Crippen molar-refractivity contribution in [3.8, 4) is 5.75 Å². The molecule has 0 saturated heterocycles. The number of ether oxygens (including phenoxy) is 1. The Bertz CT molecular complexity index is 1000. The lowest BCUT2D eigenvalue weighted by atomic mass is 9.87. The number of fused-ring (bicyclic) bond motifs is 2. The van der Waals surface area contributed by atoms with Crippen LogP contribution in [-0.2, 0) is 22.9 Å². The number of carbonyl (C=O) groups excluding carboxylic acids is 1. The van der Waals surface area contributed by atoms with Crippen LogP contribution in [-0.4, -0.2) is 44.9 Å². The van der Waals surface area contributed by atoms with E-state index in [1.807, 2.05) is 12.1 Å². The van der Waals surface area contributed by atoms with Crippen LogP contribution in [0.1, 0.15) is 40.7 Å². The highest BCUT2D eigenvalue weighted by molar-refractivity contribution is 7.90. The highest BCUT2D eigenvalue weighted by Gasteiger charge is 2.40. The van der Waals surface area contributed by atoms with Crippen molar-refractivity contribution >= 4 is 15.9 Å². The summed E-state index contributed by atoms with van der Waals surface area (Å²) < 4.78 is 31.6. The molecular formula is C22H26N2O4S. The molecule has 4 rings (SSSR count). The Morgan fingerprint density at radius 3 is 2.76 bits per heavy atom. The first kappa shape index (κ1) is 19.9. The van der Waals surface area contributed by atoms with Gasteiger partial charge in [0.05, 0.1) is 12.7 Å². The Labute approximate surface area is 171 Å². The fourth-order valence-electron chi connectivity index (χ4n) is 4.26. The maximum absolute atomic E-state index is 12.6. The Morgan fingerprint density at radius 1 is 1.14 bits per heavy atom. The van der Waals surface area contributed by atoms with Crippen LogP contribution in [0.15, 0.2) is 47.4 Å². The summed E-state index contributed by atoms with van der Waals surface area (Å²) in [5.74, 6) is 0.538. The van der Waals surface area contributed by atoms with Crippen molar-refractivity contribution in [3.63, 3.8) is 0 Å². The lowest BCUT2D eigenvalue weighted by molar-refractivity contribution is 0.0869. The average molecular weight is 415 g/mol. The van der Waals surface area contributed by atoms with E-state index >= 15 is 0 Å². The maximum Gasteiger partial charge on any atom is 0.269 e. The van der Waals surface area contributed by atoms with Gasteiger partial charge in [-0.05, 0) is 68.0 Å². The molecule has 1 atom stereocenters. The van der Waals surface area contributed by atoms with Crippen LogP contribution in [0.5, 0.6) is 5.75 Å². The topological polar surface area (TPSA) is 75.7 Å². The molecule has 1 aliphatic carbocycles. The molecule has 0 fully saturated rings. The molecular weight excluding hydrogens is 388 g/mol. The van der Waals surface area contributed by atoms with E-state index in [1.54, 1.807) is 25.3 Å². The summed E-state index contributed by atoms with van der Waals surface area (Å²) in [6.45, 7) is 1.02. The minimum atomic E-state index is -3.69. The zero-order valence-corrected chi connectivity index (χ0v) is 17.4. The van der Waals surface area contributed by atoms with Gasteiger partial charge in [0.1, 0.15) is 10.6 Å². The quantitative estimate of drug-likeness (QED) is 0.705. The van der Waals surface area contributed by atoms with Crippen molar-refractivity contribution in [1.82, 2.24) is 9.62 Å². The van der Waals surface area contributed by atoms with Gasteiger partial charge in [0.25, 0.3) is 15.9 Å². The molecule has 2 aromatic rings.